The summed E-state index contributed by atoms with van der Waals surface area (Å²) in [6.07, 6.45) is 9.27. The van der Waals surface area contributed by atoms with Crippen LogP contribution < -0.4 is 4.74 Å². The summed E-state index contributed by atoms with van der Waals surface area (Å²) in [5.41, 5.74) is 2.32. The largest absolute Gasteiger partial charge is 0.437 e. The molecule has 0 amide bonds. The van der Waals surface area contributed by atoms with Crippen LogP contribution in [0, 0.1) is 0 Å². The molecule has 134 valence electrons. The monoisotopic (exact) mass is 365 g/mol. The minimum Gasteiger partial charge on any atom is -0.437 e. The van der Waals surface area contributed by atoms with E-state index in [0.29, 0.717) is 27.9 Å². The van der Waals surface area contributed by atoms with Crippen molar-refractivity contribution in [2.24, 2.45) is 0 Å². The van der Waals surface area contributed by atoms with E-state index in [4.69, 9.17) is 4.74 Å². The summed E-state index contributed by atoms with van der Waals surface area (Å²) in [4.78, 5) is 20.8. The first kappa shape index (κ1) is 16.9. The van der Waals surface area contributed by atoms with Crippen molar-refractivity contribution >= 4 is 11.0 Å². The molecule has 0 aliphatic carbocycles. The van der Waals surface area contributed by atoms with Gasteiger partial charge in [-0.3, -0.25) is 19.9 Å². The Labute approximate surface area is 152 Å². The van der Waals surface area contributed by atoms with Gasteiger partial charge in [-0.05, 0) is 24.3 Å². The predicted octanol–water partition coefficient (Wildman–Crippen LogP) is 4.39. The van der Waals surface area contributed by atoms with E-state index >= 15 is 0 Å². The predicted molar refractivity (Wildman–Crippen MR) is 94.4 cm³/mol. The lowest BCUT2D eigenvalue weighted by Crippen LogP contribution is -2.09. The molecule has 0 radical (unpaired) electrons. The number of halogens is 2. The molecule has 4 rings (SSSR count). The third kappa shape index (κ3) is 3.41. The highest BCUT2D eigenvalue weighted by atomic mass is 19.3. The third-order valence-electron chi connectivity index (χ3n) is 3.84. The molecule has 0 aliphatic rings. The van der Waals surface area contributed by atoms with E-state index in [1.807, 2.05) is 6.07 Å². The zero-order valence-corrected chi connectivity index (χ0v) is 14.2. The van der Waals surface area contributed by atoms with Crippen LogP contribution in [0.4, 0.5) is 8.78 Å². The number of aromatic nitrogens is 5. The molecule has 0 spiro atoms. The van der Waals surface area contributed by atoms with Crippen LogP contribution in [0.15, 0.2) is 61.4 Å². The van der Waals surface area contributed by atoms with Gasteiger partial charge in [0.2, 0.25) is 5.88 Å². The van der Waals surface area contributed by atoms with Crippen molar-refractivity contribution in [2.75, 3.05) is 0 Å². The molecule has 0 atom stereocenters. The minimum atomic E-state index is -3.01. The summed E-state index contributed by atoms with van der Waals surface area (Å²) in [6, 6.07) is 6.23. The highest BCUT2D eigenvalue weighted by molar-refractivity contribution is 5.91. The normalized spacial score (nSPS) is 11.5. The van der Waals surface area contributed by atoms with Gasteiger partial charge < -0.3 is 4.74 Å². The summed E-state index contributed by atoms with van der Waals surface area (Å²) in [5.74, 6) is -2.43. The van der Waals surface area contributed by atoms with Gasteiger partial charge in [0.25, 0.3) is 5.92 Å². The van der Waals surface area contributed by atoms with Crippen molar-refractivity contribution in [2.45, 2.75) is 12.8 Å². The van der Waals surface area contributed by atoms with Gasteiger partial charge in [0, 0.05) is 42.8 Å². The van der Waals surface area contributed by atoms with Gasteiger partial charge in [-0.25, -0.2) is 4.98 Å². The van der Waals surface area contributed by atoms with Crippen LogP contribution in [0.2, 0.25) is 0 Å². The topological polar surface area (TPSA) is 73.7 Å². The standard InChI is InChI=1S/C19H13F2N5O/c1-19(20,21)16-5-4-12(9-26-16)27-18-13(3-2-6-25-18)14-10-22-11-15-17(14)24-8-7-23-15/h2-11H,1H3. The average Bonchev–Trinajstić information content (AvgIpc) is 2.68. The van der Waals surface area contributed by atoms with Crippen molar-refractivity contribution in [3.05, 3.63) is 67.1 Å². The van der Waals surface area contributed by atoms with Gasteiger partial charge in [-0.1, -0.05) is 0 Å². The number of ether oxygens (including phenoxy) is 1. The highest BCUT2D eigenvalue weighted by Crippen LogP contribution is 2.34. The van der Waals surface area contributed by atoms with E-state index in [1.54, 1.807) is 37.1 Å². The lowest BCUT2D eigenvalue weighted by Gasteiger charge is -2.12. The number of hydrogen-bond donors (Lipinski definition) is 0. The van der Waals surface area contributed by atoms with Crippen LogP contribution >= 0.6 is 0 Å². The first-order chi connectivity index (χ1) is 13.0. The Morgan fingerprint density at radius 2 is 1.70 bits per heavy atom. The molecule has 0 aliphatic heterocycles. The van der Waals surface area contributed by atoms with Crippen molar-refractivity contribution < 1.29 is 13.5 Å². The molecule has 0 saturated heterocycles. The summed E-state index contributed by atoms with van der Waals surface area (Å²) in [5, 5.41) is 0. The Kier molecular flexibility index (Phi) is 4.15. The molecule has 0 N–H and O–H groups in total. The smallest absolute Gasteiger partial charge is 0.286 e. The number of pyridine rings is 3. The number of rotatable bonds is 4. The lowest BCUT2D eigenvalue weighted by molar-refractivity contribution is 0.0127. The maximum absolute atomic E-state index is 13.3. The number of nitrogens with zero attached hydrogens (tertiary/aromatic N) is 5. The van der Waals surface area contributed by atoms with Crippen LogP contribution in [0.3, 0.4) is 0 Å². The van der Waals surface area contributed by atoms with Gasteiger partial charge in [-0.2, -0.15) is 8.78 Å². The molecule has 0 fully saturated rings. The number of hydrogen-bond acceptors (Lipinski definition) is 6. The molecule has 0 saturated carbocycles. The zero-order valence-electron chi connectivity index (χ0n) is 14.2. The van der Waals surface area contributed by atoms with E-state index in [9.17, 15) is 8.78 Å². The molecular formula is C19H13F2N5O. The molecule has 0 unspecified atom stereocenters. The maximum atomic E-state index is 13.3. The first-order valence-corrected chi connectivity index (χ1v) is 8.05. The van der Waals surface area contributed by atoms with Crippen LogP contribution in [0.1, 0.15) is 12.6 Å². The Morgan fingerprint density at radius 1 is 0.852 bits per heavy atom. The molecule has 8 heteroatoms. The fraction of sp³-hybridized carbons (Fsp3) is 0.105. The second kappa shape index (κ2) is 6.64. The third-order valence-corrected chi connectivity index (χ3v) is 3.84. The Bertz CT molecular complexity index is 1090. The summed E-state index contributed by atoms with van der Waals surface area (Å²) < 4.78 is 32.4. The van der Waals surface area contributed by atoms with Gasteiger partial charge >= 0.3 is 0 Å². The van der Waals surface area contributed by atoms with E-state index in [-0.39, 0.29) is 11.6 Å². The molecule has 27 heavy (non-hydrogen) atoms. The molecule has 0 bridgehead atoms. The fourth-order valence-corrected chi connectivity index (χ4v) is 2.58. The minimum absolute atomic E-state index is 0.287. The molecule has 0 aromatic carbocycles. The number of fused-ring (bicyclic) bond motifs is 1. The molecular weight excluding hydrogens is 352 g/mol. The average molecular weight is 365 g/mol. The van der Waals surface area contributed by atoms with Crippen molar-refractivity contribution in [3.63, 3.8) is 0 Å². The van der Waals surface area contributed by atoms with Gasteiger partial charge in [0.05, 0.1) is 17.9 Å². The maximum Gasteiger partial charge on any atom is 0.286 e. The van der Waals surface area contributed by atoms with Crippen LogP contribution in [-0.4, -0.2) is 24.9 Å². The molecule has 4 aromatic rings. The SMILES string of the molecule is CC(F)(F)c1ccc(Oc2ncccc2-c2cncc3nccnc23)cn1. The number of alkyl halides is 2. The van der Waals surface area contributed by atoms with Crippen LogP contribution in [0.25, 0.3) is 22.2 Å². The van der Waals surface area contributed by atoms with Crippen molar-refractivity contribution in [1.29, 1.82) is 0 Å². The van der Waals surface area contributed by atoms with Gasteiger partial charge in [-0.15, -0.1) is 0 Å². The van der Waals surface area contributed by atoms with E-state index in [1.165, 1.54) is 18.3 Å². The second-order valence-corrected chi connectivity index (χ2v) is 5.84. The summed E-state index contributed by atoms with van der Waals surface area (Å²) in [7, 11) is 0. The summed E-state index contributed by atoms with van der Waals surface area (Å²) >= 11 is 0. The highest BCUT2D eigenvalue weighted by Gasteiger charge is 2.25. The quantitative estimate of drug-likeness (QED) is 0.534. The van der Waals surface area contributed by atoms with Crippen molar-refractivity contribution in [3.8, 4) is 22.8 Å². The van der Waals surface area contributed by atoms with Gasteiger partial charge in [0.1, 0.15) is 17.0 Å². The van der Waals surface area contributed by atoms with Crippen molar-refractivity contribution in [1.82, 2.24) is 24.9 Å². The Morgan fingerprint density at radius 3 is 2.48 bits per heavy atom. The molecule has 4 aromatic heterocycles. The van der Waals surface area contributed by atoms with E-state index < -0.39 is 5.92 Å². The Hall–Kier alpha value is -3.55. The Balaban J connectivity index is 1.74. The molecule has 6 nitrogen and oxygen atoms in total. The second-order valence-electron chi connectivity index (χ2n) is 5.84. The van der Waals surface area contributed by atoms with E-state index in [2.05, 4.69) is 24.9 Å². The lowest BCUT2D eigenvalue weighted by atomic mass is 10.1. The van der Waals surface area contributed by atoms with E-state index in [0.717, 1.165) is 6.92 Å². The van der Waals surface area contributed by atoms with Crippen LogP contribution in [0.5, 0.6) is 11.6 Å². The fourth-order valence-electron chi connectivity index (χ4n) is 2.58. The van der Waals surface area contributed by atoms with Crippen LogP contribution in [-0.2, 0) is 5.92 Å². The zero-order chi connectivity index (χ0) is 18.9. The summed E-state index contributed by atoms with van der Waals surface area (Å²) in [6.45, 7) is 0.793. The molecule has 4 heterocycles. The van der Waals surface area contributed by atoms with Gasteiger partial charge in [0.15, 0.2) is 0 Å². The first-order valence-electron chi connectivity index (χ1n) is 8.05.